The van der Waals surface area contributed by atoms with E-state index < -0.39 is 28.4 Å². The number of carbonyl (C=O) groups is 2. The van der Waals surface area contributed by atoms with E-state index in [1.165, 1.54) is 37.4 Å². The van der Waals surface area contributed by atoms with Gasteiger partial charge >= 0.3 is 5.97 Å². The van der Waals surface area contributed by atoms with Crippen LogP contribution in [0.4, 0.5) is 11.4 Å². The lowest BCUT2D eigenvalue weighted by Crippen LogP contribution is -2.38. The Morgan fingerprint density at radius 2 is 1.72 bits per heavy atom. The molecule has 0 saturated carbocycles. The largest absolute Gasteiger partial charge is 0.495 e. The second kappa shape index (κ2) is 11.5. The van der Waals surface area contributed by atoms with Gasteiger partial charge in [-0.25, -0.2) is 13.2 Å². The standard InChI is InChI=1S/C26H27ClN2O6S/c1-5-35-26(31)21-7-6-8-23(18(21)3)28-25(30)16-29(19-11-14-24(34-4)22(27)15-19)36(32,33)20-12-9-17(2)10-13-20/h6-15H,5,16H2,1-4H3,(H,28,30). The first-order chi connectivity index (χ1) is 17.1. The van der Waals surface area contributed by atoms with Crippen LogP contribution in [-0.2, 0) is 19.6 Å². The molecule has 0 aromatic heterocycles. The normalized spacial score (nSPS) is 11.0. The molecule has 10 heteroatoms. The molecule has 0 aliphatic rings. The van der Waals surface area contributed by atoms with Gasteiger partial charge in [0.15, 0.2) is 0 Å². The Kier molecular flexibility index (Phi) is 8.60. The van der Waals surface area contributed by atoms with Crippen molar-refractivity contribution in [2.24, 2.45) is 0 Å². The van der Waals surface area contributed by atoms with Crippen molar-refractivity contribution in [3.05, 3.63) is 82.4 Å². The smallest absolute Gasteiger partial charge is 0.338 e. The van der Waals surface area contributed by atoms with E-state index in [1.807, 2.05) is 6.92 Å². The molecule has 1 N–H and O–H groups in total. The topological polar surface area (TPSA) is 102 Å². The first-order valence-corrected chi connectivity index (χ1v) is 12.9. The van der Waals surface area contributed by atoms with Gasteiger partial charge in [0, 0.05) is 5.69 Å². The number of nitrogens with one attached hydrogen (secondary N) is 1. The van der Waals surface area contributed by atoms with Crippen LogP contribution in [-0.4, -0.2) is 40.6 Å². The molecule has 36 heavy (non-hydrogen) atoms. The fraction of sp³-hybridized carbons (Fsp3) is 0.231. The molecule has 0 bridgehead atoms. The van der Waals surface area contributed by atoms with Gasteiger partial charge in [0.2, 0.25) is 5.91 Å². The number of hydrogen-bond acceptors (Lipinski definition) is 6. The Morgan fingerprint density at radius 1 is 1.03 bits per heavy atom. The number of benzene rings is 3. The predicted octanol–water partition coefficient (Wildman–Crippen LogP) is 4.98. The average Bonchev–Trinajstić information content (AvgIpc) is 2.84. The number of nitrogens with zero attached hydrogens (tertiary/aromatic N) is 1. The molecule has 3 aromatic rings. The number of aryl methyl sites for hydroxylation is 1. The first-order valence-electron chi connectivity index (χ1n) is 11.1. The van der Waals surface area contributed by atoms with E-state index in [4.69, 9.17) is 21.1 Å². The molecular weight excluding hydrogens is 504 g/mol. The van der Waals surface area contributed by atoms with E-state index in [0.717, 1.165) is 9.87 Å². The van der Waals surface area contributed by atoms with Crippen LogP contribution in [0, 0.1) is 13.8 Å². The number of methoxy groups -OCH3 is 1. The SMILES string of the molecule is CCOC(=O)c1cccc(NC(=O)CN(c2ccc(OC)c(Cl)c2)S(=O)(=O)c2ccc(C)cc2)c1C. The molecule has 1 amide bonds. The van der Waals surface area contributed by atoms with E-state index >= 15 is 0 Å². The summed E-state index contributed by atoms with van der Waals surface area (Å²) < 4.78 is 38.4. The number of ether oxygens (including phenoxy) is 2. The maximum absolute atomic E-state index is 13.6. The summed E-state index contributed by atoms with van der Waals surface area (Å²) in [4.78, 5) is 25.3. The van der Waals surface area contributed by atoms with Crippen molar-refractivity contribution in [3.8, 4) is 5.75 Å². The third-order valence-electron chi connectivity index (χ3n) is 5.42. The number of amides is 1. The molecule has 0 saturated heterocycles. The number of sulfonamides is 1. The third-order valence-corrected chi connectivity index (χ3v) is 7.51. The van der Waals surface area contributed by atoms with Gasteiger partial charge < -0.3 is 14.8 Å². The van der Waals surface area contributed by atoms with Gasteiger partial charge in [-0.3, -0.25) is 9.10 Å². The molecule has 0 unspecified atom stereocenters. The summed E-state index contributed by atoms with van der Waals surface area (Å²) in [7, 11) is -2.69. The number of rotatable bonds is 9. The third kappa shape index (κ3) is 5.98. The highest BCUT2D eigenvalue weighted by atomic mass is 35.5. The van der Waals surface area contributed by atoms with Crippen LogP contribution in [0.1, 0.15) is 28.4 Å². The quantitative estimate of drug-likeness (QED) is 0.392. The highest BCUT2D eigenvalue weighted by Gasteiger charge is 2.28. The molecule has 0 aliphatic carbocycles. The van der Waals surface area contributed by atoms with E-state index in [1.54, 1.807) is 44.2 Å². The summed E-state index contributed by atoms with van der Waals surface area (Å²) in [5.41, 5.74) is 2.26. The number of halogens is 1. The number of esters is 1. The first kappa shape index (κ1) is 27.0. The van der Waals surface area contributed by atoms with Gasteiger partial charge in [-0.05, 0) is 68.8 Å². The van der Waals surface area contributed by atoms with Crippen molar-refractivity contribution in [1.82, 2.24) is 0 Å². The lowest BCUT2D eigenvalue weighted by molar-refractivity contribution is -0.114. The lowest BCUT2D eigenvalue weighted by Gasteiger charge is -2.25. The number of carbonyl (C=O) groups excluding carboxylic acids is 2. The summed E-state index contributed by atoms with van der Waals surface area (Å²) in [5.74, 6) is -0.756. The lowest BCUT2D eigenvalue weighted by atomic mass is 10.1. The summed E-state index contributed by atoms with van der Waals surface area (Å²) in [5, 5.41) is 2.90. The number of hydrogen-bond donors (Lipinski definition) is 1. The minimum absolute atomic E-state index is 0.0216. The van der Waals surface area contributed by atoms with Gasteiger partial charge in [-0.2, -0.15) is 0 Å². The zero-order valence-electron chi connectivity index (χ0n) is 20.4. The van der Waals surface area contributed by atoms with Crippen LogP contribution in [0.2, 0.25) is 5.02 Å². The van der Waals surface area contributed by atoms with Crippen molar-refractivity contribution >= 4 is 44.9 Å². The molecule has 0 spiro atoms. The second-order valence-corrected chi connectivity index (χ2v) is 10.2. The Balaban J connectivity index is 1.97. The van der Waals surface area contributed by atoms with Crippen LogP contribution in [0.3, 0.4) is 0 Å². The molecular formula is C26H27ClN2O6S. The monoisotopic (exact) mass is 530 g/mol. The molecule has 0 radical (unpaired) electrons. The molecule has 190 valence electrons. The fourth-order valence-electron chi connectivity index (χ4n) is 3.48. The van der Waals surface area contributed by atoms with E-state index in [2.05, 4.69) is 5.32 Å². The van der Waals surface area contributed by atoms with Crippen molar-refractivity contribution in [2.75, 3.05) is 29.9 Å². The van der Waals surface area contributed by atoms with Crippen molar-refractivity contribution in [1.29, 1.82) is 0 Å². The molecule has 0 aliphatic heterocycles. The molecule has 8 nitrogen and oxygen atoms in total. The van der Waals surface area contributed by atoms with Gasteiger partial charge in [0.05, 0.1) is 34.9 Å². The maximum Gasteiger partial charge on any atom is 0.338 e. The van der Waals surface area contributed by atoms with Gasteiger partial charge in [0.1, 0.15) is 12.3 Å². The van der Waals surface area contributed by atoms with Crippen LogP contribution >= 0.6 is 11.6 Å². The molecule has 0 fully saturated rings. The summed E-state index contributed by atoms with van der Waals surface area (Å²) in [6.07, 6.45) is 0. The zero-order valence-corrected chi connectivity index (χ0v) is 21.9. The van der Waals surface area contributed by atoms with Gasteiger partial charge in [-0.1, -0.05) is 35.4 Å². The Bertz CT molecular complexity index is 1370. The van der Waals surface area contributed by atoms with Crippen molar-refractivity contribution in [3.63, 3.8) is 0 Å². The summed E-state index contributed by atoms with van der Waals surface area (Å²) in [6.45, 7) is 4.89. The molecule has 3 aromatic carbocycles. The Labute approximate surface area is 215 Å². The van der Waals surface area contributed by atoms with E-state index in [0.29, 0.717) is 22.6 Å². The highest BCUT2D eigenvalue weighted by Crippen LogP contribution is 2.32. The minimum atomic E-state index is -4.13. The van der Waals surface area contributed by atoms with Crippen LogP contribution in [0.5, 0.6) is 5.75 Å². The Hall–Kier alpha value is -3.56. The minimum Gasteiger partial charge on any atom is -0.495 e. The predicted molar refractivity (Wildman–Crippen MR) is 139 cm³/mol. The summed E-state index contributed by atoms with van der Waals surface area (Å²) >= 11 is 6.26. The van der Waals surface area contributed by atoms with E-state index in [-0.39, 0.29) is 22.2 Å². The second-order valence-electron chi connectivity index (χ2n) is 7.89. The zero-order chi connectivity index (χ0) is 26.5. The molecule has 0 heterocycles. The van der Waals surface area contributed by atoms with Crippen molar-refractivity contribution in [2.45, 2.75) is 25.7 Å². The van der Waals surface area contributed by atoms with Gasteiger partial charge in [0.25, 0.3) is 10.0 Å². The highest BCUT2D eigenvalue weighted by molar-refractivity contribution is 7.92. The average molecular weight is 531 g/mol. The molecule has 0 atom stereocenters. The van der Waals surface area contributed by atoms with Crippen LogP contribution in [0.15, 0.2) is 65.6 Å². The summed E-state index contributed by atoms with van der Waals surface area (Å²) in [6, 6.07) is 15.6. The van der Waals surface area contributed by atoms with Gasteiger partial charge in [-0.15, -0.1) is 0 Å². The molecule has 3 rings (SSSR count). The van der Waals surface area contributed by atoms with Crippen LogP contribution in [0.25, 0.3) is 0 Å². The van der Waals surface area contributed by atoms with Crippen LogP contribution < -0.4 is 14.4 Å². The van der Waals surface area contributed by atoms with E-state index in [9.17, 15) is 18.0 Å². The fourth-order valence-corrected chi connectivity index (χ4v) is 5.15. The maximum atomic E-state index is 13.6. The van der Waals surface area contributed by atoms with Crippen molar-refractivity contribution < 1.29 is 27.5 Å². The number of anilines is 2. The Morgan fingerprint density at radius 3 is 2.33 bits per heavy atom.